The molecule has 5 rings (SSSR count). The molecule has 0 saturated heterocycles. The maximum Gasteiger partial charge on any atom is 0.260 e. The number of nitriles is 1. The predicted octanol–water partition coefficient (Wildman–Crippen LogP) is 7.87. The van der Waals surface area contributed by atoms with Gasteiger partial charge in [-0.3, -0.25) is 4.79 Å². The van der Waals surface area contributed by atoms with Crippen LogP contribution in [0.5, 0.6) is 0 Å². The van der Waals surface area contributed by atoms with E-state index in [2.05, 4.69) is 54.9 Å². The Hall–Kier alpha value is -2.97. The van der Waals surface area contributed by atoms with Gasteiger partial charge in [0.05, 0.1) is 5.56 Å². The van der Waals surface area contributed by atoms with Crippen LogP contribution in [0, 0.1) is 33.6 Å². The fraction of sp³-hybridized carbons (Fsp3) is 0.148. The number of hydrogen-bond acceptors (Lipinski definition) is 3. The van der Waals surface area contributed by atoms with E-state index < -0.39 is 24.2 Å². The van der Waals surface area contributed by atoms with Crippen LogP contribution in [-0.4, -0.2) is 16.8 Å². The number of alkyl halides is 2. The molecule has 1 aromatic heterocycles. The summed E-state index contributed by atoms with van der Waals surface area (Å²) < 4.78 is 41.4. The van der Waals surface area contributed by atoms with Crippen LogP contribution in [0.3, 0.4) is 0 Å². The Labute approximate surface area is 227 Å². The third-order valence-corrected chi connectivity index (χ3v) is 8.26. The second-order valence-electron chi connectivity index (χ2n) is 8.31. The molecule has 1 unspecified atom stereocenters. The number of fused-ring (bicyclic) bond motifs is 1. The highest BCUT2D eigenvalue weighted by atomic mass is 127. The summed E-state index contributed by atoms with van der Waals surface area (Å²) in [6.45, 7) is 1.91. The molecule has 3 aromatic carbocycles. The number of nitrogens with one attached hydrogen (secondary N) is 1. The quantitative estimate of drug-likeness (QED) is 0.227. The van der Waals surface area contributed by atoms with Crippen molar-refractivity contribution in [3.05, 3.63) is 91.8 Å². The Balaban J connectivity index is 0.000000256. The van der Waals surface area contributed by atoms with Crippen LogP contribution in [-0.2, 0) is 4.79 Å². The molecule has 182 valence electrons. The van der Waals surface area contributed by atoms with Crippen molar-refractivity contribution in [1.29, 1.82) is 5.26 Å². The lowest BCUT2D eigenvalue weighted by Crippen LogP contribution is -2.18. The molecule has 0 aliphatic heterocycles. The van der Waals surface area contributed by atoms with Crippen LogP contribution in [0.15, 0.2) is 71.3 Å². The molecule has 1 aliphatic rings. The van der Waals surface area contributed by atoms with Crippen molar-refractivity contribution in [2.75, 3.05) is 5.32 Å². The zero-order valence-corrected chi connectivity index (χ0v) is 22.6. The van der Waals surface area contributed by atoms with Crippen molar-refractivity contribution in [3.63, 3.8) is 0 Å². The number of rotatable bonds is 3. The minimum Gasteiger partial charge on any atom is -0.310 e. The number of aromatic nitrogens is 1. The van der Waals surface area contributed by atoms with Gasteiger partial charge in [0, 0.05) is 26.0 Å². The summed E-state index contributed by atoms with van der Waals surface area (Å²) in [6.07, 6.45) is 1.15. The van der Waals surface area contributed by atoms with Crippen LogP contribution in [0.1, 0.15) is 17.5 Å². The molecule has 1 N–H and O–H groups in total. The second-order valence-corrected chi connectivity index (χ2v) is 10.2. The minimum atomic E-state index is -2.90. The summed E-state index contributed by atoms with van der Waals surface area (Å²) in [7, 11) is 0. The zero-order valence-electron chi connectivity index (χ0n) is 18.8. The standard InChI is InChI=1S/C20H15F3N2O.C7H3BrIN/c1-11-2-5-15(21)8-16(11)13-4-3-12-7-18(24-10-14(12)6-13)25-19(26)17-9-20(17,22)23;8-6-3-1-2-5(4-10)7(6)9/h2-8,10,17H,9H2,1H3,(H,24,25,26);1-3H. The van der Waals surface area contributed by atoms with E-state index in [4.69, 9.17) is 5.26 Å². The Morgan fingerprint density at radius 2 is 1.92 bits per heavy atom. The molecule has 0 bridgehead atoms. The van der Waals surface area contributed by atoms with E-state index in [1.165, 1.54) is 12.1 Å². The number of carbonyl (C=O) groups is 1. The molecule has 1 amide bonds. The van der Waals surface area contributed by atoms with Gasteiger partial charge >= 0.3 is 0 Å². The van der Waals surface area contributed by atoms with Gasteiger partial charge < -0.3 is 5.32 Å². The monoisotopic (exact) mass is 663 g/mol. The second kappa shape index (κ2) is 10.6. The molecule has 1 heterocycles. The van der Waals surface area contributed by atoms with E-state index in [-0.39, 0.29) is 11.6 Å². The Morgan fingerprint density at radius 3 is 2.58 bits per heavy atom. The number of nitrogens with zero attached hydrogens (tertiary/aromatic N) is 2. The fourth-order valence-corrected chi connectivity index (χ4v) is 4.43. The van der Waals surface area contributed by atoms with E-state index in [1.807, 2.05) is 37.3 Å². The molecule has 1 saturated carbocycles. The highest BCUT2D eigenvalue weighted by Crippen LogP contribution is 2.49. The molecular formula is C27H18BrF3IN3O. The third kappa shape index (κ3) is 5.87. The topological polar surface area (TPSA) is 65.8 Å². The van der Waals surface area contributed by atoms with E-state index in [1.54, 1.807) is 24.4 Å². The summed E-state index contributed by atoms with van der Waals surface area (Å²) in [5, 5.41) is 12.6. The Morgan fingerprint density at radius 1 is 1.17 bits per heavy atom. The molecule has 0 radical (unpaired) electrons. The lowest BCUT2D eigenvalue weighted by Gasteiger charge is -2.09. The maximum atomic E-state index is 13.5. The number of carbonyl (C=O) groups excluding carboxylic acids is 1. The number of pyridine rings is 1. The van der Waals surface area contributed by atoms with Crippen LogP contribution >= 0.6 is 38.5 Å². The molecule has 9 heteroatoms. The molecule has 4 nitrogen and oxygen atoms in total. The van der Waals surface area contributed by atoms with Gasteiger partial charge in [0.15, 0.2) is 0 Å². The van der Waals surface area contributed by atoms with Gasteiger partial charge in [0.2, 0.25) is 5.91 Å². The average molecular weight is 664 g/mol. The van der Waals surface area contributed by atoms with Gasteiger partial charge in [0.25, 0.3) is 5.92 Å². The van der Waals surface area contributed by atoms with Crippen LogP contribution < -0.4 is 5.32 Å². The SMILES string of the molecule is Cc1ccc(F)cc1-c1ccc2cc(NC(=O)C3CC3(F)F)ncc2c1.N#Cc1cccc(Br)c1I. The molecular weight excluding hydrogens is 646 g/mol. The number of anilines is 1. The molecule has 0 spiro atoms. The van der Waals surface area contributed by atoms with E-state index >= 15 is 0 Å². The predicted molar refractivity (Wildman–Crippen MR) is 145 cm³/mol. The number of hydrogen-bond donors (Lipinski definition) is 1. The number of halogens is 5. The average Bonchev–Trinajstić information content (AvgIpc) is 3.50. The van der Waals surface area contributed by atoms with E-state index in [9.17, 15) is 18.0 Å². The van der Waals surface area contributed by atoms with Crippen LogP contribution in [0.25, 0.3) is 21.9 Å². The van der Waals surface area contributed by atoms with Gasteiger partial charge in [0.1, 0.15) is 23.6 Å². The zero-order chi connectivity index (χ0) is 26.0. The molecule has 1 atom stereocenters. The van der Waals surface area contributed by atoms with Crippen molar-refractivity contribution < 1.29 is 18.0 Å². The number of benzene rings is 3. The smallest absolute Gasteiger partial charge is 0.260 e. The van der Waals surface area contributed by atoms with Crippen molar-refractivity contribution in [2.24, 2.45) is 5.92 Å². The van der Waals surface area contributed by atoms with Gasteiger partial charge in [-0.1, -0.05) is 24.3 Å². The van der Waals surface area contributed by atoms with E-state index in [0.29, 0.717) is 0 Å². The van der Waals surface area contributed by atoms with Crippen molar-refractivity contribution in [3.8, 4) is 17.2 Å². The molecule has 1 aliphatic carbocycles. The summed E-state index contributed by atoms with van der Waals surface area (Å²) in [5.74, 6) is -4.95. The lowest BCUT2D eigenvalue weighted by atomic mass is 9.98. The first-order valence-corrected chi connectivity index (χ1v) is 12.7. The van der Waals surface area contributed by atoms with Gasteiger partial charge in [-0.25, -0.2) is 18.2 Å². The highest BCUT2D eigenvalue weighted by Gasteiger charge is 2.61. The summed E-state index contributed by atoms with van der Waals surface area (Å²) in [4.78, 5) is 15.9. The van der Waals surface area contributed by atoms with Crippen molar-refractivity contribution in [1.82, 2.24) is 4.98 Å². The van der Waals surface area contributed by atoms with Crippen LogP contribution in [0.4, 0.5) is 19.0 Å². The van der Waals surface area contributed by atoms with Gasteiger partial charge in [-0.05, 0) is 104 Å². The normalized spacial score (nSPS) is 15.4. The van der Waals surface area contributed by atoms with E-state index in [0.717, 1.165) is 41.1 Å². The highest BCUT2D eigenvalue weighted by molar-refractivity contribution is 14.1. The summed E-state index contributed by atoms with van der Waals surface area (Å²) in [5.41, 5.74) is 3.31. The fourth-order valence-electron chi connectivity index (χ4n) is 3.58. The number of aryl methyl sites for hydroxylation is 1. The first-order chi connectivity index (χ1) is 17.1. The van der Waals surface area contributed by atoms with Gasteiger partial charge in [-0.2, -0.15) is 5.26 Å². The Kier molecular flexibility index (Phi) is 7.66. The summed E-state index contributed by atoms with van der Waals surface area (Å²) >= 11 is 5.46. The summed E-state index contributed by atoms with van der Waals surface area (Å²) in [6, 6.07) is 19.5. The molecule has 36 heavy (non-hydrogen) atoms. The van der Waals surface area contributed by atoms with Crippen molar-refractivity contribution in [2.45, 2.75) is 19.3 Å². The molecule has 1 fully saturated rings. The third-order valence-electron chi connectivity index (χ3n) is 5.70. The lowest BCUT2D eigenvalue weighted by molar-refractivity contribution is -0.119. The Bertz CT molecular complexity index is 1520. The van der Waals surface area contributed by atoms with Gasteiger partial charge in [-0.15, -0.1) is 0 Å². The first kappa shape index (κ1) is 26.1. The molecule has 4 aromatic rings. The largest absolute Gasteiger partial charge is 0.310 e. The number of amides is 1. The van der Waals surface area contributed by atoms with Crippen molar-refractivity contribution >= 4 is 61.0 Å². The first-order valence-electron chi connectivity index (χ1n) is 10.8. The minimum absolute atomic E-state index is 0.236. The maximum absolute atomic E-state index is 13.5. The van der Waals surface area contributed by atoms with Crippen LogP contribution in [0.2, 0.25) is 0 Å².